The summed E-state index contributed by atoms with van der Waals surface area (Å²) in [4.78, 5) is 16.3. The van der Waals surface area contributed by atoms with Gasteiger partial charge in [-0.2, -0.15) is 0 Å². The number of thiazole rings is 1. The van der Waals surface area contributed by atoms with Crippen LogP contribution in [0.25, 0.3) is 0 Å². The van der Waals surface area contributed by atoms with Gasteiger partial charge in [0.1, 0.15) is 5.75 Å². The average Bonchev–Trinajstić information content (AvgIpc) is 2.95. The van der Waals surface area contributed by atoms with Crippen molar-refractivity contribution in [1.82, 2.24) is 4.98 Å². The van der Waals surface area contributed by atoms with Crippen molar-refractivity contribution in [2.45, 2.75) is 38.7 Å². The number of rotatable bonds is 6. The summed E-state index contributed by atoms with van der Waals surface area (Å²) in [5, 5.41) is 5.08. The molecule has 6 heteroatoms. The SMILES string of the molecule is CC(Oc1ccc(C(C)C)cc1)C(=O)Nc1nc(CCl)cs1. The normalized spacial score (nSPS) is 12.2. The molecule has 22 heavy (non-hydrogen) atoms. The van der Waals surface area contributed by atoms with Gasteiger partial charge in [-0.05, 0) is 30.5 Å². The van der Waals surface area contributed by atoms with Crippen molar-refractivity contribution in [3.8, 4) is 5.75 Å². The molecule has 1 unspecified atom stereocenters. The Bertz CT molecular complexity index is 625. The monoisotopic (exact) mass is 338 g/mol. The molecule has 0 bridgehead atoms. The van der Waals surface area contributed by atoms with Gasteiger partial charge in [0.05, 0.1) is 11.6 Å². The quantitative estimate of drug-likeness (QED) is 0.794. The maximum Gasteiger partial charge on any atom is 0.266 e. The number of amides is 1. The van der Waals surface area contributed by atoms with Crippen LogP contribution in [0.3, 0.4) is 0 Å². The van der Waals surface area contributed by atoms with Crippen LogP contribution >= 0.6 is 22.9 Å². The highest BCUT2D eigenvalue weighted by atomic mass is 35.5. The van der Waals surface area contributed by atoms with E-state index in [-0.39, 0.29) is 5.91 Å². The zero-order valence-corrected chi connectivity index (χ0v) is 14.4. The molecule has 0 fully saturated rings. The Labute approximate surface area is 139 Å². The second kappa shape index (κ2) is 7.61. The molecular formula is C16H19ClN2O2S. The van der Waals surface area contributed by atoms with Gasteiger partial charge in [-0.15, -0.1) is 22.9 Å². The number of carbonyl (C=O) groups excluding carboxylic acids is 1. The third kappa shape index (κ3) is 4.45. The van der Waals surface area contributed by atoms with Crippen molar-refractivity contribution < 1.29 is 9.53 Å². The number of carbonyl (C=O) groups is 1. The number of benzene rings is 1. The first-order valence-corrected chi connectivity index (χ1v) is 8.49. The van der Waals surface area contributed by atoms with Crippen LogP contribution in [0, 0.1) is 0 Å². The van der Waals surface area contributed by atoms with E-state index in [9.17, 15) is 4.79 Å². The van der Waals surface area contributed by atoms with Crippen LogP contribution < -0.4 is 10.1 Å². The van der Waals surface area contributed by atoms with Crippen LogP contribution in [0.15, 0.2) is 29.6 Å². The van der Waals surface area contributed by atoms with Gasteiger partial charge in [-0.3, -0.25) is 10.1 Å². The Morgan fingerprint density at radius 2 is 2.00 bits per heavy atom. The fraction of sp³-hybridized carbons (Fsp3) is 0.375. The Balaban J connectivity index is 1.93. The molecule has 0 saturated carbocycles. The lowest BCUT2D eigenvalue weighted by Crippen LogP contribution is -2.30. The van der Waals surface area contributed by atoms with Crippen LogP contribution in [0.2, 0.25) is 0 Å². The third-order valence-corrected chi connectivity index (χ3v) is 4.23. The molecule has 0 aliphatic rings. The molecule has 118 valence electrons. The maximum absolute atomic E-state index is 12.1. The number of ether oxygens (including phenoxy) is 1. The Hall–Kier alpha value is -1.59. The van der Waals surface area contributed by atoms with Gasteiger partial charge >= 0.3 is 0 Å². The van der Waals surface area contributed by atoms with E-state index < -0.39 is 6.10 Å². The summed E-state index contributed by atoms with van der Waals surface area (Å²) in [7, 11) is 0. The molecule has 0 saturated heterocycles. The molecule has 4 nitrogen and oxygen atoms in total. The number of nitrogens with one attached hydrogen (secondary N) is 1. The molecule has 0 spiro atoms. The number of nitrogens with zero attached hydrogens (tertiary/aromatic N) is 1. The molecule has 1 aromatic heterocycles. The van der Waals surface area contributed by atoms with Crippen molar-refractivity contribution in [3.63, 3.8) is 0 Å². The molecule has 1 amide bonds. The average molecular weight is 339 g/mol. The predicted molar refractivity (Wildman–Crippen MR) is 90.9 cm³/mol. The summed E-state index contributed by atoms with van der Waals surface area (Å²) in [6.45, 7) is 5.98. The van der Waals surface area contributed by atoms with Crippen LogP contribution in [0.4, 0.5) is 5.13 Å². The summed E-state index contributed by atoms with van der Waals surface area (Å²) >= 11 is 7.04. The highest BCUT2D eigenvalue weighted by molar-refractivity contribution is 7.14. The minimum Gasteiger partial charge on any atom is -0.481 e. The first-order valence-electron chi connectivity index (χ1n) is 7.07. The summed E-state index contributed by atoms with van der Waals surface area (Å²) in [6, 6.07) is 7.79. The van der Waals surface area contributed by atoms with Crippen molar-refractivity contribution >= 4 is 34.0 Å². The van der Waals surface area contributed by atoms with Crippen LogP contribution in [0.1, 0.15) is 37.9 Å². The molecule has 2 aromatic rings. The van der Waals surface area contributed by atoms with Crippen molar-refractivity contribution in [2.75, 3.05) is 5.32 Å². The van der Waals surface area contributed by atoms with E-state index in [4.69, 9.17) is 16.3 Å². The second-order valence-corrected chi connectivity index (χ2v) is 6.38. The van der Waals surface area contributed by atoms with Crippen molar-refractivity contribution in [1.29, 1.82) is 0 Å². The highest BCUT2D eigenvalue weighted by Gasteiger charge is 2.16. The smallest absolute Gasteiger partial charge is 0.266 e. The molecule has 1 N–H and O–H groups in total. The Kier molecular flexibility index (Phi) is 5.80. The molecule has 2 rings (SSSR count). The first kappa shape index (κ1) is 16.8. The fourth-order valence-corrected chi connectivity index (χ4v) is 2.76. The summed E-state index contributed by atoms with van der Waals surface area (Å²) < 4.78 is 5.65. The number of anilines is 1. The number of alkyl halides is 1. The van der Waals surface area contributed by atoms with E-state index in [0.29, 0.717) is 22.7 Å². The molecule has 0 aliphatic carbocycles. The van der Waals surface area contributed by atoms with E-state index in [1.165, 1.54) is 16.9 Å². The standard InChI is InChI=1S/C16H19ClN2O2S/c1-10(2)12-4-6-14(7-5-12)21-11(3)15(20)19-16-18-13(8-17)9-22-16/h4-7,9-11H,8H2,1-3H3,(H,18,19,20). The lowest BCUT2D eigenvalue weighted by atomic mass is 10.0. The minimum atomic E-state index is -0.603. The lowest BCUT2D eigenvalue weighted by Gasteiger charge is -2.14. The lowest BCUT2D eigenvalue weighted by molar-refractivity contribution is -0.122. The van der Waals surface area contributed by atoms with E-state index in [1.807, 2.05) is 29.6 Å². The number of hydrogen-bond donors (Lipinski definition) is 1. The summed E-state index contributed by atoms with van der Waals surface area (Å²) in [6.07, 6.45) is -0.603. The fourth-order valence-electron chi connectivity index (χ4n) is 1.82. The minimum absolute atomic E-state index is 0.233. The molecular weight excluding hydrogens is 320 g/mol. The van der Waals surface area contributed by atoms with Gasteiger partial charge in [0.15, 0.2) is 11.2 Å². The zero-order valence-electron chi connectivity index (χ0n) is 12.8. The van der Waals surface area contributed by atoms with Gasteiger partial charge in [0.25, 0.3) is 5.91 Å². The van der Waals surface area contributed by atoms with Gasteiger partial charge in [0.2, 0.25) is 0 Å². The van der Waals surface area contributed by atoms with Crippen LogP contribution in [-0.4, -0.2) is 17.0 Å². The Morgan fingerprint density at radius 3 is 2.55 bits per heavy atom. The number of hydrogen-bond acceptors (Lipinski definition) is 4. The van der Waals surface area contributed by atoms with Gasteiger partial charge in [-0.25, -0.2) is 4.98 Å². The summed E-state index contributed by atoms with van der Waals surface area (Å²) in [5.74, 6) is 1.24. The molecule has 1 aromatic carbocycles. The van der Waals surface area contributed by atoms with E-state index in [1.54, 1.807) is 6.92 Å². The van der Waals surface area contributed by atoms with Crippen LogP contribution in [-0.2, 0) is 10.7 Å². The Morgan fingerprint density at radius 1 is 1.32 bits per heavy atom. The van der Waals surface area contributed by atoms with Crippen molar-refractivity contribution in [2.24, 2.45) is 0 Å². The molecule has 0 aliphatic heterocycles. The molecule has 0 radical (unpaired) electrons. The van der Waals surface area contributed by atoms with E-state index in [2.05, 4.69) is 24.1 Å². The molecule has 1 atom stereocenters. The maximum atomic E-state index is 12.1. The van der Waals surface area contributed by atoms with E-state index >= 15 is 0 Å². The van der Waals surface area contributed by atoms with E-state index in [0.717, 1.165) is 5.69 Å². The first-order chi connectivity index (χ1) is 10.5. The van der Waals surface area contributed by atoms with Crippen LogP contribution in [0.5, 0.6) is 5.75 Å². The van der Waals surface area contributed by atoms with Gasteiger partial charge < -0.3 is 4.74 Å². The number of aromatic nitrogens is 1. The second-order valence-electron chi connectivity index (χ2n) is 5.25. The summed E-state index contributed by atoms with van der Waals surface area (Å²) in [5.41, 5.74) is 1.99. The largest absolute Gasteiger partial charge is 0.481 e. The third-order valence-electron chi connectivity index (χ3n) is 3.15. The van der Waals surface area contributed by atoms with Gasteiger partial charge in [-0.1, -0.05) is 26.0 Å². The number of halogens is 1. The predicted octanol–water partition coefficient (Wildman–Crippen LogP) is 4.41. The highest BCUT2D eigenvalue weighted by Crippen LogP contribution is 2.20. The van der Waals surface area contributed by atoms with Gasteiger partial charge in [0, 0.05) is 5.38 Å². The molecule has 1 heterocycles. The topological polar surface area (TPSA) is 51.2 Å². The zero-order chi connectivity index (χ0) is 16.1. The van der Waals surface area contributed by atoms with Crippen molar-refractivity contribution in [3.05, 3.63) is 40.9 Å².